The monoisotopic (exact) mass is 195 g/mol. The fourth-order valence-corrected chi connectivity index (χ4v) is 1.16. The van der Waals surface area contributed by atoms with Crippen LogP contribution in [0, 0.1) is 0 Å². The zero-order chi connectivity index (χ0) is 10.6. The molecule has 1 N–H and O–H groups in total. The van der Waals surface area contributed by atoms with Gasteiger partial charge in [0.15, 0.2) is 0 Å². The lowest BCUT2D eigenvalue weighted by molar-refractivity contribution is -0.105. The van der Waals surface area contributed by atoms with Crippen molar-refractivity contribution in [1.29, 1.82) is 0 Å². The molecule has 0 aliphatic carbocycles. The third-order valence-corrected chi connectivity index (χ3v) is 1.77. The Morgan fingerprint density at radius 3 is 2.79 bits per heavy atom. The number of methoxy groups -OCH3 is 1. The predicted octanol–water partition coefficient (Wildman–Crippen LogP) is 0.724. The van der Waals surface area contributed by atoms with Crippen LogP contribution in [-0.2, 0) is 4.79 Å². The molecule has 0 saturated carbocycles. The predicted molar refractivity (Wildman–Crippen MR) is 54.8 cm³/mol. The Morgan fingerprint density at radius 2 is 2.29 bits per heavy atom. The number of anilines is 2. The molecular weight excluding hydrogens is 182 g/mol. The van der Waals surface area contributed by atoms with Crippen LogP contribution in [0.25, 0.3) is 0 Å². The quantitative estimate of drug-likeness (QED) is 0.719. The smallest absolute Gasteiger partial charge is 0.239 e. The molecule has 0 aliphatic heterocycles. The molecule has 1 heterocycles. The lowest BCUT2D eigenvalue weighted by Crippen LogP contribution is -2.12. The van der Waals surface area contributed by atoms with Crippen molar-refractivity contribution < 1.29 is 9.53 Å². The normalized spacial score (nSPS) is 9.36. The first kappa shape index (κ1) is 10.3. The van der Waals surface area contributed by atoms with E-state index in [0.717, 1.165) is 5.69 Å². The van der Waals surface area contributed by atoms with Crippen molar-refractivity contribution in [3.05, 3.63) is 12.3 Å². The van der Waals surface area contributed by atoms with E-state index in [1.807, 2.05) is 19.0 Å². The molecule has 76 valence electrons. The molecule has 0 aromatic carbocycles. The van der Waals surface area contributed by atoms with Crippen molar-refractivity contribution in [3.63, 3.8) is 0 Å². The van der Waals surface area contributed by atoms with Gasteiger partial charge in [-0.25, -0.2) is 4.98 Å². The summed E-state index contributed by atoms with van der Waals surface area (Å²) in [6, 6.07) is 1.80. The molecule has 0 radical (unpaired) electrons. The molecule has 0 spiro atoms. The van der Waals surface area contributed by atoms with E-state index in [4.69, 9.17) is 4.74 Å². The number of rotatable bonds is 4. The molecule has 14 heavy (non-hydrogen) atoms. The van der Waals surface area contributed by atoms with E-state index < -0.39 is 0 Å². The van der Waals surface area contributed by atoms with Gasteiger partial charge in [0.05, 0.1) is 12.8 Å². The SMILES string of the molecule is COc1nccc(N(C)C)c1NC=O. The number of hydrogen-bond acceptors (Lipinski definition) is 4. The number of ether oxygens (including phenoxy) is 1. The highest BCUT2D eigenvalue weighted by molar-refractivity contribution is 5.84. The average Bonchev–Trinajstić information content (AvgIpc) is 2.18. The summed E-state index contributed by atoms with van der Waals surface area (Å²) in [4.78, 5) is 16.3. The van der Waals surface area contributed by atoms with Crippen molar-refractivity contribution in [1.82, 2.24) is 4.98 Å². The second kappa shape index (κ2) is 4.45. The third-order valence-electron chi connectivity index (χ3n) is 1.77. The lowest BCUT2D eigenvalue weighted by atomic mass is 10.3. The van der Waals surface area contributed by atoms with Crippen molar-refractivity contribution in [3.8, 4) is 5.88 Å². The minimum Gasteiger partial charge on any atom is -0.479 e. The maximum atomic E-state index is 10.4. The Morgan fingerprint density at radius 1 is 1.57 bits per heavy atom. The summed E-state index contributed by atoms with van der Waals surface area (Å²) < 4.78 is 5.03. The molecule has 1 aromatic rings. The van der Waals surface area contributed by atoms with E-state index in [9.17, 15) is 4.79 Å². The van der Waals surface area contributed by atoms with E-state index in [2.05, 4.69) is 10.3 Å². The molecule has 1 amide bonds. The average molecular weight is 195 g/mol. The van der Waals surface area contributed by atoms with Crippen molar-refractivity contribution in [2.75, 3.05) is 31.4 Å². The molecule has 5 nitrogen and oxygen atoms in total. The largest absolute Gasteiger partial charge is 0.479 e. The van der Waals surface area contributed by atoms with Gasteiger partial charge in [0.25, 0.3) is 0 Å². The standard InChI is InChI=1S/C9H13N3O2/c1-12(2)7-4-5-10-9(14-3)8(7)11-6-13/h4-6H,1-3H3,(H,11,13). The molecule has 0 atom stereocenters. The van der Waals surface area contributed by atoms with Gasteiger partial charge in [0.1, 0.15) is 5.69 Å². The minimum atomic E-state index is 0.406. The van der Waals surface area contributed by atoms with Gasteiger partial charge < -0.3 is 15.0 Å². The zero-order valence-corrected chi connectivity index (χ0v) is 8.44. The summed E-state index contributed by atoms with van der Waals surface area (Å²) in [5, 5.41) is 2.57. The number of pyridine rings is 1. The van der Waals surface area contributed by atoms with Crippen LogP contribution in [0.4, 0.5) is 11.4 Å². The Kier molecular flexibility index (Phi) is 3.28. The summed E-state index contributed by atoms with van der Waals surface area (Å²) in [6.07, 6.45) is 2.23. The van der Waals surface area contributed by atoms with Crippen LogP contribution in [0.2, 0.25) is 0 Å². The van der Waals surface area contributed by atoms with Crippen LogP contribution in [0.1, 0.15) is 0 Å². The fraction of sp³-hybridized carbons (Fsp3) is 0.333. The van der Waals surface area contributed by atoms with E-state index in [-0.39, 0.29) is 0 Å². The van der Waals surface area contributed by atoms with E-state index >= 15 is 0 Å². The summed E-state index contributed by atoms with van der Waals surface area (Å²) in [7, 11) is 5.27. The number of amides is 1. The Balaban J connectivity index is 3.20. The number of nitrogens with zero attached hydrogens (tertiary/aromatic N) is 2. The summed E-state index contributed by atoms with van der Waals surface area (Å²) in [6.45, 7) is 0. The number of nitrogens with one attached hydrogen (secondary N) is 1. The van der Waals surface area contributed by atoms with E-state index in [1.165, 1.54) is 7.11 Å². The highest BCUT2D eigenvalue weighted by atomic mass is 16.5. The van der Waals surface area contributed by atoms with Gasteiger partial charge in [-0.2, -0.15) is 0 Å². The summed E-state index contributed by atoms with van der Waals surface area (Å²) in [5.74, 6) is 0.406. The van der Waals surface area contributed by atoms with Gasteiger partial charge >= 0.3 is 0 Å². The van der Waals surface area contributed by atoms with Gasteiger partial charge in [-0.15, -0.1) is 0 Å². The molecule has 1 aromatic heterocycles. The molecule has 0 saturated heterocycles. The van der Waals surface area contributed by atoms with Crippen molar-refractivity contribution in [2.24, 2.45) is 0 Å². The molecule has 0 unspecified atom stereocenters. The van der Waals surface area contributed by atoms with Gasteiger partial charge in [0, 0.05) is 20.3 Å². The first-order valence-corrected chi connectivity index (χ1v) is 4.11. The Hall–Kier alpha value is -1.78. The van der Waals surface area contributed by atoms with Crippen LogP contribution in [-0.4, -0.2) is 32.6 Å². The zero-order valence-electron chi connectivity index (χ0n) is 8.44. The van der Waals surface area contributed by atoms with Crippen molar-refractivity contribution in [2.45, 2.75) is 0 Å². The van der Waals surface area contributed by atoms with E-state index in [0.29, 0.717) is 18.0 Å². The highest BCUT2D eigenvalue weighted by Crippen LogP contribution is 2.31. The summed E-state index contributed by atoms with van der Waals surface area (Å²) >= 11 is 0. The van der Waals surface area contributed by atoms with E-state index in [1.54, 1.807) is 12.3 Å². The maximum Gasteiger partial charge on any atom is 0.239 e. The van der Waals surface area contributed by atoms with Crippen LogP contribution in [0.15, 0.2) is 12.3 Å². The third kappa shape index (κ3) is 1.93. The first-order chi connectivity index (χ1) is 6.70. The Bertz CT molecular complexity index is 326. The first-order valence-electron chi connectivity index (χ1n) is 4.11. The molecule has 0 bridgehead atoms. The van der Waals surface area contributed by atoms with Gasteiger partial charge in [-0.3, -0.25) is 4.79 Å². The number of carbonyl (C=O) groups excluding carboxylic acids is 1. The van der Waals surface area contributed by atoms with Crippen LogP contribution in [0.3, 0.4) is 0 Å². The molecule has 1 rings (SSSR count). The lowest BCUT2D eigenvalue weighted by Gasteiger charge is -2.17. The fourth-order valence-electron chi connectivity index (χ4n) is 1.16. The minimum absolute atomic E-state index is 0.406. The van der Waals surface area contributed by atoms with Gasteiger partial charge in [-0.05, 0) is 6.07 Å². The number of carbonyl (C=O) groups is 1. The van der Waals surface area contributed by atoms with Crippen LogP contribution >= 0.6 is 0 Å². The second-order valence-electron chi connectivity index (χ2n) is 2.87. The molecule has 5 heteroatoms. The van der Waals surface area contributed by atoms with Crippen LogP contribution < -0.4 is 15.0 Å². The highest BCUT2D eigenvalue weighted by Gasteiger charge is 2.10. The van der Waals surface area contributed by atoms with Crippen molar-refractivity contribution >= 4 is 17.8 Å². The Labute approximate surface area is 82.7 Å². The van der Waals surface area contributed by atoms with Crippen LogP contribution in [0.5, 0.6) is 5.88 Å². The molecular formula is C9H13N3O2. The van der Waals surface area contributed by atoms with Gasteiger partial charge in [0.2, 0.25) is 12.3 Å². The van der Waals surface area contributed by atoms with Gasteiger partial charge in [-0.1, -0.05) is 0 Å². The maximum absolute atomic E-state index is 10.4. The summed E-state index contributed by atoms with van der Waals surface area (Å²) in [5.41, 5.74) is 1.43. The number of hydrogen-bond donors (Lipinski definition) is 1. The second-order valence-corrected chi connectivity index (χ2v) is 2.87. The molecule has 0 fully saturated rings. The topological polar surface area (TPSA) is 54.5 Å². The molecule has 0 aliphatic rings. The number of aromatic nitrogens is 1.